The topological polar surface area (TPSA) is 77.2 Å². The number of halogens is 2. The average Bonchev–Trinajstić information content (AvgIpc) is 2.55. The lowest BCUT2D eigenvalue weighted by Crippen LogP contribution is -2.26. The standard InChI is InChI=1S/C16H19N3O2.2ClH/c1-21-15-5-3-12(4-6-15)13-9-14(11-18-10-13)16(20)19-8-2-7-17;;/h3-6,9-11H,2,7-8,17H2,1H3,(H,19,20);2*1H. The number of nitrogens with one attached hydrogen (secondary N) is 1. The Bertz CT molecular complexity index is 607. The maximum atomic E-state index is 12.0. The van der Waals surface area contributed by atoms with E-state index in [1.54, 1.807) is 19.5 Å². The smallest absolute Gasteiger partial charge is 0.252 e. The molecule has 0 saturated heterocycles. The number of hydrogen-bond donors (Lipinski definition) is 2. The minimum atomic E-state index is -0.133. The summed E-state index contributed by atoms with van der Waals surface area (Å²) in [5.74, 6) is 0.661. The molecule has 1 heterocycles. The minimum Gasteiger partial charge on any atom is -0.497 e. The summed E-state index contributed by atoms with van der Waals surface area (Å²) in [7, 11) is 1.63. The van der Waals surface area contributed by atoms with E-state index in [0.29, 0.717) is 18.7 Å². The first-order valence-electron chi connectivity index (χ1n) is 6.82. The van der Waals surface area contributed by atoms with Gasteiger partial charge in [0.15, 0.2) is 0 Å². The molecule has 0 spiro atoms. The first-order chi connectivity index (χ1) is 10.2. The van der Waals surface area contributed by atoms with Crippen molar-refractivity contribution < 1.29 is 9.53 Å². The van der Waals surface area contributed by atoms with Crippen LogP contribution in [0.15, 0.2) is 42.7 Å². The van der Waals surface area contributed by atoms with Gasteiger partial charge in [0.05, 0.1) is 12.7 Å². The molecule has 0 unspecified atom stereocenters. The molecule has 5 nitrogen and oxygen atoms in total. The maximum absolute atomic E-state index is 12.0. The Morgan fingerprint density at radius 3 is 2.48 bits per heavy atom. The van der Waals surface area contributed by atoms with E-state index in [9.17, 15) is 4.79 Å². The van der Waals surface area contributed by atoms with Crippen molar-refractivity contribution in [3.8, 4) is 16.9 Å². The average molecular weight is 358 g/mol. The summed E-state index contributed by atoms with van der Waals surface area (Å²) in [6.45, 7) is 1.13. The summed E-state index contributed by atoms with van der Waals surface area (Å²) < 4.78 is 5.13. The van der Waals surface area contributed by atoms with E-state index < -0.39 is 0 Å². The Hall–Kier alpha value is -1.82. The van der Waals surface area contributed by atoms with E-state index in [1.165, 1.54) is 0 Å². The molecule has 3 N–H and O–H groups in total. The number of rotatable bonds is 6. The van der Waals surface area contributed by atoms with Gasteiger partial charge < -0.3 is 15.8 Å². The number of carbonyl (C=O) groups excluding carboxylic acids is 1. The van der Waals surface area contributed by atoms with Crippen molar-refractivity contribution in [2.75, 3.05) is 20.2 Å². The highest BCUT2D eigenvalue weighted by Crippen LogP contribution is 2.22. The van der Waals surface area contributed by atoms with Gasteiger partial charge in [0, 0.05) is 24.5 Å². The fourth-order valence-electron chi connectivity index (χ4n) is 1.91. The van der Waals surface area contributed by atoms with Crippen molar-refractivity contribution in [3.63, 3.8) is 0 Å². The number of aromatic nitrogens is 1. The van der Waals surface area contributed by atoms with Gasteiger partial charge in [-0.1, -0.05) is 12.1 Å². The molecule has 126 valence electrons. The predicted molar refractivity (Wildman–Crippen MR) is 96.7 cm³/mol. The van der Waals surface area contributed by atoms with Gasteiger partial charge in [-0.15, -0.1) is 24.8 Å². The Labute approximate surface area is 148 Å². The van der Waals surface area contributed by atoms with Crippen LogP contribution in [0, 0.1) is 0 Å². The lowest BCUT2D eigenvalue weighted by Gasteiger charge is -2.07. The lowest BCUT2D eigenvalue weighted by atomic mass is 10.1. The Morgan fingerprint density at radius 1 is 1.17 bits per heavy atom. The number of nitrogens with zero attached hydrogens (tertiary/aromatic N) is 1. The van der Waals surface area contributed by atoms with Gasteiger partial charge in [-0.3, -0.25) is 9.78 Å². The van der Waals surface area contributed by atoms with Crippen molar-refractivity contribution in [1.82, 2.24) is 10.3 Å². The third kappa shape index (κ3) is 6.06. The Kier molecular flexibility index (Phi) is 9.97. The van der Waals surface area contributed by atoms with Gasteiger partial charge in [0.1, 0.15) is 5.75 Å². The van der Waals surface area contributed by atoms with Crippen molar-refractivity contribution in [2.45, 2.75) is 6.42 Å². The summed E-state index contributed by atoms with van der Waals surface area (Å²) in [4.78, 5) is 16.1. The van der Waals surface area contributed by atoms with Crippen LogP contribution in [-0.4, -0.2) is 31.1 Å². The molecule has 2 rings (SSSR count). The van der Waals surface area contributed by atoms with E-state index in [4.69, 9.17) is 10.5 Å². The molecule has 1 aromatic carbocycles. The monoisotopic (exact) mass is 357 g/mol. The molecule has 1 aromatic heterocycles. The van der Waals surface area contributed by atoms with Crippen molar-refractivity contribution in [3.05, 3.63) is 48.3 Å². The molecule has 0 radical (unpaired) electrons. The maximum Gasteiger partial charge on any atom is 0.252 e. The molecule has 0 fully saturated rings. The predicted octanol–water partition coefficient (Wildman–Crippen LogP) is 2.68. The van der Waals surface area contributed by atoms with E-state index in [0.717, 1.165) is 23.3 Å². The van der Waals surface area contributed by atoms with Crippen LogP contribution in [0.5, 0.6) is 5.75 Å². The lowest BCUT2D eigenvalue weighted by molar-refractivity contribution is 0.0953. The highest BCUT2D eigenvalue weighted by atomic mass is 35.5. The molecule has 23 heavy (non-hydrogen) atoms. The molecular weight excluding hydrogens is 337 g/mol. The Balaban J connectivity index is 0.00000242. The highest BCUT2D eigenvalue weighted by Gasteiger charge is 2.07. The van der Waals surface area contributed by atoms with Crippen molar-refractivity contribution in [2.24, 2.45) is 5.73 Å². The number of ether oxygens (including phenoxy) is 1. The largest absolute Gasteiger partial charge is 0.497 e. The van der Waals surface area contributed by atoms with E-state index >= 15 is 0 Å². The third-order valence-corrected chi connectivity index (χ3v) is 3.09. The van der Waals surface area contributed by atoms with E-state index in [1.807, 2.05) is 30.3 Å². The fourth-order valence-corrected chi connectivity index (χ4v) is 1.91. The molecule has 0 saturated carbocycles. The quantitative estimate of drug-likeness (QED) is 0.779. The zero-order valence-electron chi connectivity index (χ0n) is 12.8. The zero-order chi connectivity index (χ0) is 15.1. The number of nitrogens with two attached hydrogens (primary N) is 1. The molecule has 0 atom stereocenters. The molecule has 0 aliphatic heterocycles. The fraction of sp³-hybridized carbons (Fsp3) is 0.250. The van der Waals surface area contributed by atoms with Crippen LogP contribution in [0.3, 0.4) is 0 Å². The van der Waals surface area contributed by atoms with E-state index in [2.05, 4.69) is 10.3 Å². The molecule has 1 amide bonds. The number of pyridine rings is 1. The van der Waals surface area contributed by atoms with Crippen LogP contribution in [0.2, 0.25) is 0 Å². The number of benzene rings is 1. The normalized spacial score (nSPS) is 9.30. The summed E-state index contributed by atoms with van der Waals surface area (Å²) in [6, 6.07) is 9.46. The second kappa shape index (κ2) is 10.8. The molecule has 0 bridgehead atoms. The molecular formula is C16H21Cl2N3O2. The molecule has 0 aliphatic rings. The van der Waals surface area contributed by atoms with Crippen LogP contribution < -0.4 is 15.8 Å². The molecule has 7 heteroatoms. The summed E-state index contributed by atoms with van der Waals surface area (Å²) >= 11 is 0. The summed E-state index contributed by atoms with van der Waals surface area (Å²) in [5, 5.41) is 2.82. The van der Waals surface area contributed by atoms with Gasteiger partial charge in [-0.2, -0.15) is 0 Å². The van der Waals surface area contributed by atoms with Crippen LogP contribution >= 0.6 is 24.8 Å². The number of carbonyl (C=O) groups is 1. The zero-order valence-corrected chi connectivity index (χ0v) is 14.5. The number of hydrogen-bond acceptors (Lipinski definition) is 4. The van der Waals surface area contributed by atoms with Gasteiger partial charge in [0.25, 0.3) is 5.91 Å². The second-order valence-electron chi connectivity index (χ2n) is 4.59. The minimum absolute atomic E-state index is 0. The number of methoxy groups -OCH3 is 1. The van der Waals surface area contributed by atoms with Crippen LogP contribution in [0.1, 0.15) is 16.8 Å². The van der Waals surface area contributed by atoms with Crippen LogP contribution in [0.25, 0.3) is 11.1 Å². The van der Waals surface area contributed by atoms with Gasteiger partial charge in [-0.05, 0) is 36.7 Å². The second-order valence-corrected chi connectivity index (χ2v) is 4.59. The molecule has 0 aliphatic carbocycles. The summed E-state index contributed by atoms with van der Waals surface area (Å²) in [5.41, 5.74) is 7.82. The van der Waals surface area contributed by atoms with Gasteiger partial charge >= 0.3 is 0 Å². The van der Waals surface area contributed by atoms with Crippen LogP contribution in [-0.2, 0) is 0 Å². The molecule has 2 aromatic rings. The van der Waals surface area contributed by atoms with Crippen molar-refractivity contribution >= 4 is 30.7 Å². The third-order valence-electron chi connectivity index (χ3n) is 3.09. The highest BCUT2D eigenvalue weighted by molar-refractivity contribution is 5.95. The summed E-state index contributed by atoms with van der Waals surface area (Å²) in [6.07, 6.45) is 4.06. The van der Waals surface area contributed by atoms with Crippen molar-refractivity contribution in [1.29, 1.82) is 0 Å². The van der Waals surface area contributed by atoms with Gasteiger partial charge in [0.2, 0.25) is 0 Å². The number of amides is 1. The van der Waals surface area contributed by atoms with Gasteiger partial charge in [-0.25, -0.2) is 0 Å². The first-order valence-corrected chi connectivity index (χ1v) is 6.82. The van der Waals surface area contributed by atoms with E-state index in [-0.39, 0.29) is 30.7 Å². The van der Waals surface area contributed by atoms with Crippen LogP contribution in [0.4, 0.5) is 0 Å². The Morgan fingerprint density at radius 2 is 1.87 bits per heavy atom. The SMILES string of the molecule is COc1ccc(-c2cncc(C(=O)NCCCN)c2)cc1.Cl.Cl. The first kappa shape index (κ1) is 21.2.